The van der Waals surface area contributed by atoms with E-state index in [0.29, 0.717) is 33.4 Å². The largest absolute Gasteiger partial charge is 0.422 e. The zero-order valence-electron chi connectivity index (χ0n) is 29.4. The van der Waals surface area contributed by atoms with E-state index < -0.39 is 5.63 Å². The molecule has 0 atom stereocenters. The van der Waals surface area contributed by atoms with Crippen LogP contribution in [0.5, 0.6) is 0 Å². The maximum Gasteiger partial charge on any atom is 0.344 e. The average molecular weight is 645 g/mol. The van der Waals surface area contributed by atoms with E-state index in [4.69, 9.17) is 8.83 Å². The van der Waals surface area contributed by atoms with Crippen LogP contribution < -0.4 is 21.1 Å². The molecule has 2 aromatic heterocycles. The highest BCUT2D eigenvalue weighted by molar-refractivity contribution is 5.93. The van der Waals surface area contributed by atoms with E-state index >= 15 is 0 Å². The lowest BCUT2D eigenvalue weighted by atomic mass is 9.69. The second kappa shape index (κ2) is 12.3. The molecule has 0 N–H and O–H groups in total. The molecular weight excluding hydrogens is 596 g/mol. The van der Waals surface area contributed by atoms with Crippen LogP contribution >= 0.6 is 0 Å². The Balaban J connectivity index is 1.29. The van der Waals surface area contributed by atoms with E-state index in [-0.39, 0.29) is 16.5 Å². The van der Waals surface area contributed by atoms with Crippen LogP contribution in [0.4, 0.5) is 11.4 Å². The van der Waals surface area contributed by atoms with Crippen LogP contribution in [-0.2, 0) is 10.8 Å². The van der Waals surface area contributed by atoms with E-state index in [1.54, 1.807) is 0 Å². The van der Waals surface area contributed by atoms with Gasteiger partial charge in [0, 0.05) is 60.0 Å². The minimum absolute atomic E-state index is 0.0204. The maximum absolute atomic E-state index is 13.8. The predicted molar refractivity (Wildman–Crippen MR) is 199 cm³/mol. The minimum atomic E-state index is -0.393. The van der Waals surface area contributed by atoms with Crippen LogP contribution in [-0.4, -0.2) is 26.2 Å². The van der Waals surface area contributed by atoms with Crippen LogP contribution in [0.3, 0.4) is 0 Å². The summed E-state index contributed by atoms with van der Waals surface area (Å²) in [5, 5.41) is 1.81. The molecule has 0 saturated heterocycles. The molecule has 0 radical (unpaired) electrons. The van der Waals surface area contributed by atoms with Gasteiger partial charge < -0.3 is 18.6 Å². The third-order valence-corrected chi connectivity index (χ3v) is 10.9. The maximum atomic E-state index is 13.8. The summed E-state index contributed by atoms with van der Waals surface area (Å²) < 4.78 is 12.2. The van der Waals surface area contributed by atoms with Crippen LogP contribution in [0.15, 0.2) is 79.1 Å². The van der Waals surface area contributed by atoms with Crippen molar-refractivity contribution in [2.45, 2.75) is 90.9 Å². The molecule has 0 saturated carbocycles. The summed E-state index contributed by atoms with van der Waals surface area (Å²) in [5.74, 6) is 0. The fourth-order valence-corrected chi connectivity index (χ4v) is 7.77. The molecular formula is C42H48N2O4. The lowest BCUT2D eigenvalue weighted by molar-refractivity contribution is 0.398. The van der Waals surface area contributed by atoms with Gasteiger partial charge in [-0.3, -0.25) is 0 Å². The fourth-order valence-electron chi connectivity index (χ4n) is 7.77. The second-order valence-electron chi connectivity index (χ2n) is 15.2. The Labute approximate surface area is 283 Å². The smallest absolute Gasteiger partial charge is 0.344 e. The molecule has 0 fully saturated rings. The highest BCUT2D eigenvalue weighted by Gasteiger charge is 2.42. The zero-order chi connectivity index (χ0) is 33.8. The van der Waals surface area contributed by atoms with Crippen molar-refractivity contribution in [1.29, 1.82) is 0 Å². The minimum Gasteiger partial charge on any atom is -0.422 e. The molecule has 6 heteroatoms. The number of hydrogen-bond donors (Lipinski definition) is 0. The van der Waals surface area contributed by atoms with Gasteiger partial charge in [-0.1, -0.05) is 72.6 Å². The van der Waals surface area contributed by atoms with Crippen molar-refractivity contribution < 1.29 is 8.83 Å². The van der Waals surface area contributed by atoms with E-state index in [2.05, 4.69) is 63.5 Å². The SMILES string of the molecule is CCCCN(CCCC)c1ccc2cc(-c3cccc(-c4cc5cc6c7c(c5oc4=O)C(C)(C)CCN7CCC6(C)C)c3)c(=O)oc2c1. The molecule has 0 aliphatic carbocycles. The Hall–Kier alpha value is -4.32. The van der Waals surface area contributed by atoms with Crippen molar-refractivity contribution >= 4 is 33.3 Å². The molecule has 0 amide bonds. The van der Waals surface area contributed by atoms with Crippen LogP contribution in [0.1, 0.15) is 91.2 Å². The average Bonchev–Trinajstić information content (AvgIpc) is 3.06. The lowest BCUT2D eigenvalue weighted by Crippen LogP contribution is -2.44. The molecule has 0 spiro atoms. The summed E-state index contributed by atoms with van der Waals surface area (Å²) in [6, 6.07) is 19.9. The van der Waals surface area contributed by atoms with Gasteiger partial charge in [0.2, 0.25) is 0 Å². The number of rotatable bonds is 9. The van der Waals surface area contributed by atoms with Gasteiger partial charge in [-0.25, -0.2) is 9.59 Å². The van der Waals surface area contributed by atoms with Crippen molar-refractivity contribution in [3.05, 3.63) is 92.6 Å². The standard InChI is InChI=1S/C42H48N2O4/c1-7-9-18-43(19-10-8-2)31-15-14-29-23-32(39(45)47-35(29)26-31)27-12-11-13-28(22-27)33-24-30-25-34-37-36(38(30)48-40(33)46)42(5,6)17-21-44(37)20-16-41(34,3)4/h11-15,22-26H,7-10,16-21H2,1-6H3. The molecule has 0 unspecified atom stereocenters. The van der Waals surface area contributed by atoms with Crippen LogP contribution in [0.25, 0.3) is 44.2 Å². The molecule has 0 bridgehead atoms. The van der Waals surface area contributed by atoms with E-state index in [1.807, 2.05) is 48.5 Å². The van der Waals surface area contributed by atoms with Gasteiger partial charge in [-0.2, -0.15) is 0 Å². The van der Waals surface area contributed by atoms with Crippen molar-refractivity contribution in [1.82, 2.24) is 0 Å². The van der Waals surface area contributed by atoms with Crippen molar-refractivity contribution in [3.63, 3.8) is 0 Å². The summed E-state index contributed by atoms with van der Waals surface area (Å²) in [5.41, 5.74) is 7.64. The van der Waals surface area contributed by atoms with E-state index in [1.165, 1.54) is 11.3 Å². The highest BCUT2D eigenvalue weighted by atomic mass is 16.4. The highest BCUT2D eigenvalue weighted by Crippen LogP contribution is 2.51. The topological polar surface area (TPSA) is 66.9 Å². The first-order valence-corrected chi connectivity index (χ1v) is 17.8. The van der Waals surface area contributed by atoms with E-state index in [0.717, 1.165) is 86.7 Å². The third kappa shape index (κ3) is 5.63. The molecule has 48 heavy (non-hydrogen) atoms. The summed E-state index contributed by atoms with van der Waals surface area (Å²) in [6.07, 6.45) is 6.60. The monoisotopic (exact) mass is 644 g/mol. The first kappa shape index (κ1) is 32.2. The Morgan fingerprint density at radius 2 is 1.35 bits per heavy atom. The Morgan fingerprint density at radius 1 is 0.729 bits per heavy atom. The molecule has 250 valence electrons. The molecule has 5 aromatic rings. The summed E-state index contributed by atoms with van der Waals surface area (Å²) in [4.78, 5) is 32.1. The number of benzene rings is 3. The lowest BCUT2D eigenvalue weighted by Gasteiger charge is -2.48. The molecule has 2 aliphatic rings. The molecule has 6 nitrogen and oxygen atoms in total. The third-order valence-electron chi connectivity index (χ3n) is 10.9. The second-order valence-corrected chi connectivity index (χ2v) is 15.2. The summed E-state index contributed by atoms with van der Waals surface area (Å²) >= 11 is 0. The van der Waals surface area contributed by atoms with Gasteiger partial charge in [0.15, 0.2) is 0 Å². The van der Waals surface area contributed by atoms with Gasteiger partial charge >= 0.3 is 11.3 Å². The normalized spacial score (nSPS) is 16.3. The Bertz CT molecular complexity index is 2130. The van der Waals surface area contributed by atoms with Crippen molar-refractivity contribution in [2.24, 2.45) is 0 Å². The predicted octanol–water partition coefficient (Wildman–Crippen LogP) is 9.81. The molecule has 3 aromatic carbocycles. The molecule has 2 aliphatic heterocycles. The van der Waals surface area contributed by atoms with Gasteiger partial charge in [0.25, 0.3) is 0 Å². The molecule has 4 heterocycles. The number of fused-ring (bicyclic) bond motifs is 3. The van der Waals surface area contributed by atoms with Crippen molar-refractivity contribution in [3.8, 4) is 22.3 Å². The fraction of sp³-hybridized carbons (Fsp3) is 0.429. The van der Waals surface area contributed by atoms with Crippen LogP contribution in [0.2, 0.25) is 0 Å². The summed E-state index contributed by atoms with van der Waals surface area (Å²) in [6.45, 7) is 17.6. The molecule has 7 rings (SSSR count). The van der Waals surface area contributed by atoms with Gasteiger partial charge in [0.05, 0.1) is 11.1 Å². The number of anilines is 2. The Morgan fingerprint density at radius 3 is 2.02 bits per heavy atom. The van der Waals surface area contributed by atoms with Gasteiger partial charge in [-0.15, -0.1) is 0 Å². The van der Waals surface area contributed by atoms with Crippen molar-refractivity contribution in [2.75, 3.05) is 36.0 Å². The van der Waals surface area contributed by atoms with Gasteiger partial charge in [-0.05, 0) is 89.6 Å². The van der Waals surface area contributed by atoms with Crippen LogP contribution in [0, 0.1) is 0 Å². The zero-order valence-corrected chi connectivity index (χ0v) is 29.4. The first-order chi connectivity index (χ1) is 23.0. The number of nitrogens with zero attached hydrogens (tertiary/aromatic N) is 2. The summed E-state index contributed by atoms with van der Waals surface area (Å²) in [7, 11) is 0. The quantitative estimate of drug-likeness (QED) is 0.149. The number of hydrogen-bond acceptors (Lipinski definition) is 6. The Kier molecular flexibility index (Phi) is 8.25. The van der Waals surface area contributed by atoms with E-state index in [9.17, 15) is 9.59 Å². The number of unbranched alkanes of at least 4 members (excludes halogenated alkanes) is 2. The first-order valence-electron chi connectivity index (χ1n) is 17.8. The van der Waals surface area contributed by atoms with Gasteiger partial charge in [0.1, 0.15) is 11.2 Å².